The van der Waals surface area contributed by atoms with E-state index in [2.05, 4.69) is 9.80 Å². The van der Waals surface area contributed by atoms with Gasteiger partial charge in [0.15, 0.2) is 11.6 Å². The minimum atomic E-state index is -0.313. The zero-order valence-corrected chi connectivity index (χ0v) is 15.0. The molecule has 0 unspecified atom stereocenters. The van der Waals surface area contributed by atoms with E-state index in [4.69, 9.17) is 4.74 Å². The molecule has 3 fully saturated rings. The van der Waals surface area contributed by atoms with Crippen LogP contribution in [0.5, 0.6) is 5.75 Å². The fourth-order valence-electron chi connectivity index (χ4n) is 4.60. The molecule has 1 aromatic rings. The monoisotopic (exact) mass is 346 g/mol. The van der Waals surface area contributed by atoms with E-state index in [-0.39, 0.29) is 11.2 Å². The van der Waals surface area contributed by atoms with E-state index in [0.29, 0.717) is 24.1 Å². The Morgan fingerprint density at radius 3 is 2.88 bits per heavy atom. The van der Waals surface area contributed by atoms with E-state index >= 15 is 0 Å². The summed E-state index contributed by atoms with van der Waals surface area (Å²) in [6.45, 7) is 3.84. The quantitative estimate of drug-likeness (QED) is 0.839. The Morgan fingerprint density at radius 2 is 2.12 bits per heavy atom. The lowest BCUT2D eigenvalue weighted by molar-refractivity contribution is -0.140. The molecule has 0 N–H and O–H groups in total. The second-order valence-corrected chi connectivity index (χ2v) is 8.04. The van der Waals surface area contributed by atoms with Gasteiger partial charge in [-0.1, -0.05) is 6.07 Å². The number of amides is 1. The van der Waals surface area contributed by atoms with Crippen molar-refractivity contribution in [2.75, 3.05) is 26.7 Å². The maximum absolute atomic E-state index is 13.6. The van der Waals surface area contributed by atoms with Crippen LogP contribution >= 0.6 is 0 Å². The number of rotatable bonds is 4. The van der Waals surface area contributed by atoms with Crippen molar-refractivity contribution in [2.24, 2.45) is 5.41 Å². The van der Waals surface area contributed by atoms with Crippen LogP contribution in [-0.4, -0.2) is 48.5 Å². The highest BCUT2D eigenvalue weighted by Gasteiger charge is 2.45. The Kier molecular flexibility index (Phi) is 4.44. The molecule has 0 radical (unpaired) electrons. The SMILES string of the molecule is COc1cc(CN2CCC[C@@]3(CCC(=O)N(C4CC4)C3)C2)ccc1F. The summed E-state index contributed by atoms with van der Waals surface area (Å²) in [4.78, 5) is 16.9. The van der Waals surface area contributed by atoms with Gasteiger partial charge in [-0.25, -0.2) is 4.39 Å². The first kappa shape index (κ1) is 16.8. The third-order valence-electron chi connectivity index (χ3n) is 6.05. The maximum Gasteiger partial charge on any atom is 0.222 e. The van der Waals surface area contributed by atoms with E-state index in [9.17, 15) is 9.18 Å². The average molecular weight is 346 g/mol. The molecule has 1 saturated carbocycles. The van der Waals surface area contributed by atoms with E-state index in [1.807, 2.05) is 6.07 Å². The Bertz CT molecular complexity index is 661. The molecule has 2 aliphatic heterocycles. The van der Waals surface area contributed by atoms with Crippen LogP contribution in [0.3, 0.4) is 0 Å². The van der Waals surface area contributed by atoms with Gasteiger partial charge in [-0.3, -0.25) is 9.69 Å². The summed E-state index contributed by atoms with van der Waals surface area (Å²) in [5.74, 6) is 0.355. The van der Waals surface area contributed by atoms with Crippen molar-refractivity contribution in [3.05, 3.63) is 29.6 Å². The molecule has 4 nitrogen and oxygen atoms in total. The highest BCUT2D eigenvalue weighted by atomic mass is 19.1. The number of ether oxygens (including phenoxy) is 1. The number of hydrogen-bond donors (Lipinski definition) is 0. The third-order valence-corrected chi connectivity index (χ3v) is 6.05. The highest BCUT2D eigenvalue weighted by Crippen LogP contribution is 2.42. The Morgan fingerprint density at radius 1 is 1.28 bits per heavy atom. The molecule has 0 bridgehead atoms. The van der Waals surface area contributed by atoms with E-state index in [1.54, 1.807) is 6.07 Å². The second-order valence-electron chi connectivity index (χ2n) is 8.04. The van der Waals surface area contributed by atoms with Gasteiger partial charge in [-0.15, -0.1) is 0 Å². The predicted octanol–water partition coefficient (Wildman–Crippen LogP) is 3.20. The zero-order chi connectivity index (χ0) is 17.4. The first-order valence-corrected chi connectivity index (χ1v) is 9.43. The molecule has 1 aromatic carbocycles. The van der Waals surface area contributed by atoms with Crippen LogP contribution < -0.4 is 4.74 Å². The van der Waals surface area contributed by atoms with Crippen molar-refractivity contribution in [1.29, 1.82) is 0 Å². The fourth-order valence-corrected chi connectivity index (χ4v) is 4.60. The van der Waals surface area contributed by atoms with Crippen molar-refractivity contribution in [1.82, 2.24) is 9.80 Å². The van der Waals surface area contributed by atoms with E-state index in [1.165, 1.54) is 38.9 Å². The van der Waals surface area contributed by atoms with Crippen LogP contribution in [0.1, 0.15) is 44.1 Å². The lowest BCUT2D eigenvalue weighted by Gasteiger charge is -2.48. The molecular formula is C20H27FN2O2. The summed E-state index contributed by atoms with van der Waals surface area (Å²) >= 11 is 0. The lowest BCUT2D eigenvalue weighted by atomic mass is 9.73. The maximum atomic E-state index is 13.6. The summed E-state index contributed by atoms with van der Waals surface area (Å²) in [5, 5.41) is 0. The number of likely N-dealkylation sites (tertiary alicyclic amines) is 2. The molecule has 25 heavy (non-hydrogen) atoms. The van der Waals surface area contributed by atoms with Crippen molar-refractivity contribution in [3.63, 3.8) is 0 Å². The number of carbonyl (C=O) groups excluding carboxylic acids is 1. The van der Waals surface area contributed by atoms with Gasteiger partial charge in [0, 0.05) is 37.5 Å². The molecule has 2 heterocycles. The van der Waals surface area contributed by atoms with Gasteiger partial charge < -0.3 is 9.64 Å². The minimum Gasteiger partial charge on any atom is -0.494 e. The van der Waals surface area contributed by atoms with Crippen LogP contribution in [0.15, 0.2) is 18.2 Å². The summed E-state index contributed by atoms with van der Waals surface area (Å²) < 4.78 is 18.7. The Balaban J connectivity index is 1.45. The van der Waals surface area contributed by atoms with Crippen molar-refractivity contribution >= 4 is 5.91 Å². The molecule has 3 aliphatic rings. The molecule has 1 atom stereocenters. The molecule has 1 amide bonds. The second kappa shape index (κ2) is 6.60. The van der Waals surface area contributed by atoms with Crippen LogP contribution in [0, 0.1) is 11.2 Å². The largest absolute Gasteiger partial charge is 0.494 e. The van der Waals surface area contributed by atoms with E-state index < -0.39 is 0 Å². The standard InChI is InChI=1S/C20H27FN2O2/c1-25-18-11-15(3-6-17(18)21)12-22-10-2-8-20(13-22)9-7-19(24)23(14-20)16-4-5-16/h3,6,11,16H,2,4-5,7-10,12-14H2,1H3/t20-/m1/s1. The molecule has 1 aliphatic carbocycles. The van der Waals surface area contributed by atoms with Crippen molar-refractivity contribution in [3.8, 4) is 5.75 Å². The van der Waals surface area contributed by atoms with Gasteiger partial charge in [-0.05, 0) is 56.3 Å². The van der Waals surface area contributed by atoms with Crippen molar-refractivity contribution < 1.29 is 13.9 Å². The highest BCUT2D eigenvalue weighted by molar-refractivity contribution is 5.78. The number of piperidine rings is 2. The summed E-state index contributed by atoms with van der Waals surface area (Å²) in [6.07, 6.45) is 6.46. The molecule has 1 spiro atoms. The topological polar surface area (TPSA) is 32.8 Å². The van der Waals surface area contributed by atoms with Gasteiger partial charge in [0.25, 0.3) is 0 Å². The summed E-state index contributed by atoms with van der Waals surface area (Å²) in [5.41, 5.74) is 1.33. The number of hydrogen-bond acceptors (Lipinski definition) is 3. The smallest absolute Gasteiger partial charge is 0.222 e. The Hall–Kier alpha value is -1.62. The van der Waals surface area contributed by atoms with Crippen LogP contribution in [-0.2, 0) is 11.3 Å². The fraction of sp³-hybridized carbons (Fsp3) is 0.650. The van der Waals surface area contributed by atoms with Gasteiger partial charge in [0.05, 0.1) is 7.11 Å². The molecule has 2 saturated heterocycles. The first-order valence-electron chi connectivity index (χ1n) is 9.43. The van der Waals surface area contributed by atoms with Gasteiger partial charge in [0.2, 0.25) is 5.91 Å². The first-order chi connectivity index (χ1) is 12.1. The molecular weight excluding hydrogens is 319 g/mol. The number of nitrogens with zero attached hydrogens (tertiary/aromatic N) is 2. The Labute approximate surface area is 148 Å². The van der Waals surface area contributed by atoms with Crippen LogP contribution in [0.2, 0.25) is 0 Å². The number of halogens is 1. The number of benzene rings is 1. The molecule has 136 valence electrons. The number of carbonyl (C=O) groups is 1. The summed E-state index contributed by atoms with van der Waals surface area (Å²) in [7, 11) is 1.50. The van der Waals surface area contributed by atoms with Crippen LogP contribution in [0.4, 0.5) is 4.39 Å². The molecule has 5 heteroatoms. The minimum absolute atomic E-state index is 0.249. The van der Waals surface area contributed by atoms with Crippen molar-refractivity contribution in [2.45, 2.75) is 51.1 Å². The third kappa shape index (κ3) is 3.52. The van der Waals surface area contributed by atoms with Gasteiger partial charge >= 0.3 is 0 Å². The normalized spacial score (nSPS) is 27.8. The predicted molar refractivity (Wildman–Crippen MR) is 93.9 cm³/mol. The van der Waals surface area contributed by atoms with Crippen LogP contribution in [0.25, 0.3) is 0 Å². The van der Waals surface area contributed by atoms with E-state index in [0.717, 1.165) is 38.2 Å². The van der Waals surface area contributed by atoms with Gasteiger partial charge in [-0.2, -0.15) is 0 Å². The molecule has 4 rings (SSSR count). The lowest BCUT2D eigenvalue weighted by Crippen LogP contribution is -2.54. The van der Waals surface area contributed by atoms with Gasteiger partial charge in [0.1, 0.15) is 0 Å². The summed E-state index contributed by atoms with van der Waals surface area (Å²) in [6, 6.07) is 5.65. The average Bonchev–Trinajstić information content (AvgIpc) is 3.44. The molecule has 0 aromatic heterocycles. The zero-order valence-electron chi connectivity index (χ0n) is 15.0. The number of methoxy groups -OCH3 is 1.